The number of pyridine rings is 1. The first-order valence-corrected chi connectivity index (χ1v) is 12.3. The third-order valence-electron chi connectivity index (χ3n) is 5.60. The fourth-order valence-corrected chi connectivity index (χ4v) is 3.97. The Bertz CT molecular complexity index is 1040. The summed E-state index contributed by atoms with van der Waals surface area (Å²) in [4.78, 5) is 45.5. The molecule has 2 aromatic rings. The predicted octanol–water partition coefficient (Wildman–Crippen LogP) is 3.78. The maximum atomic E-state index is 12.8. The number of carbonyl (C=O) groups is 3. The van der Waals surface area contributed by atoms with Gasteiger partial charge in [-0.3, -0.25) is 14.6 Å². The van der Waals surface area contributed by atoms with Gasteiger partial charge in [0.25, 0.3) is 0 Å². The number of aromatic nitrogens is 1. The van der Waals surface area contributed by atoms with Gasteiger partial charge in [0.2, 0.25) is 11.8 Å². The Morgan fingerprint density at radius 3 is 2.67 bits per heavy atom. The van der Waals surface area contributed by atoms with Crippen molar-refractivity contribution in [2.45, 2.75) is 52.7 Å². The van der Waals surface area contributed by atoms with Crippen LogP contribution in [0.25, 0.3) is 0 Å². The Morgan fingerprint density at radius 1 is 1.19 bits per heavy atom. The molecule has 1 aromatic carbocycles. The second-order valence-electron chi connectivity index (χ2n) is 9.71. The summed E-state index contributed by atoms with van der Waals surface area (Å²) in [6.45, 7) is 9.31. The molecule has 36 heavy (non-hydrogen) atoms. The van der Waals surface area contributed by atoms with Gasteiger partial charge in [-0.25, -0.2) is 4.79 Å². The molecule has 194 valence electrons. The Kier molecular flexibility index (Phi) is 9.27. The van der Waals surface area contributed by atoms with Gasteiger partial charge in [0, 0.05) is 38.4 Å². The number of nitrogens with one attached hydrogen (secondary N) is 1. The van der Waals surface area contributed by atoms with Crippen molar-refractivity contribution in [3.05, 3.63) is 54.4 Å². The number of para-hydroxylation sites is 2. The molecule has 2 heterocycles. The van der Waals surface area contributed by atoms with Crippen molar-refractivity contribution in [3.63, 3.8) is 0 Å². The summed E-state index contributed by atoms with van der Waals surface area (Å²) < 4.78 is 11.2. The van der Waals surface area contributed by atoms with Gasteiger partial charge >= 0.3 is 6.09 Å². The van der Waals surface area contributed by atoms with Crippen LogP contribution in [0.3, 0.4) is 0 Å². The molecule has 0 bridgehead atoms. The van der Waals surface area contributed by atoms with Crippen LogP contribution in [0, 0.1) is 5.92 Å². The second kappa shape index (κ2) is 12.4. The van der Waals surface area contributed by atoms with Crippen molar-refractivity contribution in [1.29, 1.82) is 0 Å². The standard InChI is InChI=1S/C27H36N4O5/c1-5-35-23-12-7-6-11-22(23)31-19-21(16-24(31)32)25(33)29-14-9-15-30(26(34)36-27(2,3)4)18-20-10-8-13-28-17-20/h6-8,10-13,17,21H,5,9,14-16,18-19H2,1-4H3,(H,29,33). The monoisotopic (exact) mass is 496 g/mol. The van der Waals surface area contributed by atoms with Crippen LogP contribution in [0.2, 0.25) is 0 Å². The number of rotatable bonds is 10. The van der Waals surface area contributed by atoms with Crippen molar-refractivity contribution in [1.82, 2.24) is 15.2 Å². The Balaban J connectivity index is 1.53. The van der Waals surface area contributed by atoms with E-state index in [0.717, 1.165) is 5.56 Å². The average molecular weight is 497 g/mol. The van der Waals surface area contributed by atoms with Gasteiger partial charge in [-0.05, 0) is 57.9 Å². The molecule has 1 atom stereocenters. The number of benzene rings is 1. The van der Waals surface area contributed by atoms with E-state index in [9.17, 15) is 14.4 Å². The van der Waals surface area contributed by atoms with Gasteiger partial charge in [0.05, 0.1) is 24.8 Å². The molecule has 3 amide bonds. The Morgan fingerprint density at radius 2 is 1.97 bits per heavy atom. The maximum absolute atomic E-state index is 12.8. The molecule has 0 radical (unpaired) electrons. The molecule has 0 saturated carbocycles. The van der Waals surface area contributed by atoms with Gasteiger partial charge in [0.1, 0.15) is 11.4 Å². The van der Waals surface area contributed by atoms with E-state index in [0.29, 0.717) is 50.6 Å². The van der Waals surface area contributed by atoms with Crippen molar-refractivity contribution in [2.75, 3.05) is 31.1 Å². The van der Waals surface area contributed by atoms with Crippen molar-refractivity contribution < 1.29 is 23.9 Å². The number of amides is 3. The lowest BCUT2D eigenvalue weighted by atomic mass is 10.1. The van der Waals surface area contributed by atoms with Gasteiger partial charge < -0.3 is 24.6 Å². The van der Waals surface area contributed by atoms with Crippen LogP contribution in [0.15, 0.2) is 48.8 Å². The normalized spacial score (nSPS) is 15.5. The number of nitrogens with zero attached hydrogens (tertiary/aromatic N) is 3. The largest absolute Gasteiger partial charge is 0.492 e. The molecule has 1 aliphatic rings. The third-order valence-corrected chi connectivity index (χ3v) is 5.60. The Labute approximate surface area is 212 Å². The molecule has 1 aliphatic heterocycles. The molecule has 1 N–H and O–H groups in total. The minimum atomic E-state index is -0.611. The van der Waals surface area contributed by atoms with Gasteiger partial charge in [0.15, 0.2) is 0 Å². The lowest BCUT2D eigenvalue weighted by Gasteiger charge is -2.27. The summed E-state index contributed by atoms with van der Waals surface area (Å²) in [6, 6.07) is 11.1. The van der Waals surface area contributed by atoms with Crippen LogP contribution >= 0.6 is 0 Å². The molecule has 9 heteroatoms. The van der Waals surface area contributed by atoms with Crippen molar-refractivity contribution in [3.8, 4) is 5.75 Å². The minimum absolute atomic E-state index is 0.102. The maximum Gasteiger partial charge on any atom is 0.410 e. The number of carbonyl (C=O) groups excluding carboxylic acids is 3. The summed E-state index contributed by atoms with van der Waals surface area (Å²) in [7, 11) is 0. The second-order valence-corrected chi connectivity index (χ2v) is 9.71. The van der Waals surface area contributed by atoms with Gasteiger partial charge in [-0.1, -0.05) is 18.2 Å². The molecule has 0 aliphatic carbocycles. The topological polar surface area (TPSA) is 101 Å². The summed E-state index contributed by atoms with van der Waals surface area (Å²) in [6.07, 6.45) is 3.68. The van der Waals surface area contributed by atoms with Gasteiger partial charge in [-0.15, -0.1) is 0 Å². The SMILES string of the molecule is CCOc1ccccc1N1CC(C(=O)NCCCN(Cc2cccnc2)C(=O)OC(C)(C)C)CC1=O. The molecular formula is C27H36N4O5. The highest BCUT2D eigenvalue weighted by molar-refractivity contribution is 6.01. The van der Waals surface area contributed by atoms with Crippen LogP contribution in [0.1, 0.15) is 46.1 Å². The summed E-state index contributed by atoms with van der Waals surface area (Å²) in [5.41, 5.74) is 0.965. The fraction of sp³-hybridized carbons (Fsp3) is 0.481. The highest BCUT2D eigenvalue weighted by atomic mass is 16.6. The van der Waals surface area contributed by atoms with E-state index in [1.807, 2.05) is 64.1 Å². The first kappa shape index (κ1) is 27.0. The zero-order valence-electron chi connectivity index (χ0n) is 21.5. The lowest BCUT2D eigenvalue weighted by Crippen LogP contribution is -2.39. The van der Waals surface area contributed by atoms with Crippen LogP contribution < -0.4 is 15.0 Å². The molecule has 3 rings (SSSR count). The molecule has 1 fully saturated rings. The highest BCUT2D eigenvalue weighted by Gasteiger charge is 2.36. The van der Waals surface area contributed by atoms with E-state index in [2.05, 4.69) is 10.3 Å². The molecule has 9 nitrogen and oxygen atoms in total. The van der Waals surface area contributed by atoms with Crippen LogP contribution in [0.4, 0.5) is 10.5 Å². The van der Waals surface area contributed by atoms with E-state index in [-0.39, 0.29) is 18.2 Å². The van der Waals surface area contributed by atoms with E-state index >= 15 is 0 Å². The Hall–Kier alpha value is -3.62. The van der Waals surface area contributed by atoms with E-state index in [4.69, 9.17) is 9.47 Å². The van der Waals surface area contributed by atoms with Gasteiger partial charge in [-0.2, -0.15) is 0 Å². The number of ether oxygens (including phenoxy) is 2. The number of hydrogen-bond acceptors (Lipinski definition) is 6. The van der Waals surface area contributed by atoms with Crippen LogP contribution in [-0.4, -0.2) is 59.6 Å². The molecule has 0 spiro atoms. The molecular weight excluding hydrogens is 460 g/mol. The number of anilines is 1. The molecule has 1 unspecified atom stereocenters. The molecule has 1 aromatic heterocycles. The lowest BCUT2D eigenvalue weighted by molar-refractivity contribution is -0.126. The number of hydrogen-bond donors (Lipinski definition) is 1. The third kappa shape index (κ3) is 7.69. The van der Waals surface area contributed by atoms with E-state index in [1.54, 1.807) is 22.2 Å². The van der Waals surface area contributed by atoms with E-state index < -0.39 is 17.6 Å². The quantitative estimate of drug-likeness (QED) is 0.503. The van der Waals surface area contributed by atoms with Crippen LogP contribution in [-0.2, 0) is 20.9 Å². The zero-order valence-corrected chi connectivity index (χ0v) is 21.5. The summed E-state index contributed by atoms with van der Waals surface area (Å²) >= 11 is 0. The average Bonchev–Trinajstić information content (AvgIpc) is 3.22. The van der Waals surface area contributed by atoms with Crippen LogP contribution in [0.5, 0.6) is 5.75 Å². The minimum Gasteiger partial charge on any atom is -0.492 e. The highest BCUT2D eigenvalue weighted by Crippen LogP contribution is 2.33. The fourth-order valence-electron chi connectivity index (χ4n) is 3.97. The summed E-state index contributed by atoms with van der Waals surface area (Å²) in [5, 5.41) is 2.92. The summed E-state index contributed by atoms with van der Waals surface area (Å²) in [5.74, 6) is -0.0829. The zero-order chi connectivity index (χ0) is 26.1. The molecule has 1 saturated heterocycles. The van der Waals surface area contributed by atoms with Crippen molar-refractivity contribution >= 4 is 23.6 Å². The van der Waals surface area contributed by atoms with E-state index in [1.165, 1.54) is 0 Å². The first-order valence-electron chi connectivity index (χ1n) is 12.3. The predicted molar refractivity (Wildman–Crippen MR) is 137 cm³/mol. The van der Waals surface area contributed by atoms with Crippen molar-refractivity contribution in [2.24, 2.45) is 5.92 Å². The first-order chi connectivity index (χ1) is 17.2. The smallest absolute Gasteiger partial charge is 0.410 e.